The summed E-state index contributed by atoms with van der Waals surface area (Å²) in [6, 6.07) is 6.63. The molecule has 0 atom stereocenters. The van der Waals surface area contributed by atoms with Crippen molar-refractivity contribution in [1.82, 2.24) is 10.2 Å². The number of aliphatic imine (C=N–C) groups is 1. The molecule has 0 fully saturated rings. The minimum absolute atomic E-state index is 0.0649. The van der Waals surface area contributed by atoms with Crippen LogP contribution in [0.3, 0.4) is 0 Å². The second-order valence-electron chi connectivity index (χ2n) is 4.61. The Morgan fingerprint density at radius 1 is 1.33 bits per heavy atom. The Labute approximate surface area is 143 Å². The van der Waals surface area contributed by atoms with E-state index in [1.54, 1.807) is 38.4 Å². The molecule has 1 aliphatic heterocycles. The SMILES string of the molecule is CN(C)C(=N)NC(=N)N.O=C(O)C1=NC=C1Oc1ccc(Cl)cc1. The Morgan fingerprint density at radius 3 is 2.25 bits per heavy atom. The van der Waals surface area contributed by atoms with Crippen molar-refractivity contribution in [3.8, 4) is 5.75 Å². The fourth-order valence-corrected chi connectivity index (χ4v) is 1.41. The van der Waals surface area contributed by atoms with Crippen LogP contribution < -0.4 is 15.8 Å². The second-order valence-corrected chi connectivity index (χ2v) is 5.05. The molecule has 1 heterocycles. The lowest BCUT2D eigenvalue weighted by atomic mass is 10.2. The minimum atomic E-state index is -1.10. The minimum Gasteiger partial charge on any atom is -0.476 e. The van der Waals surface area contributed by atoms with Gasteiger partial charge in [-0.1, -0.05) is 11.6 Å². The van der Waals surface area contributed by atoms with Crippen LogP contribution in [0.4, 0.5) is 0 Å². The number of guanidine groups is 2. The van der Waals surface area contributed by atoms with Crippen LogP contribution in [0.25, 0.3) is 0 Å². The molecule has 0 aromatic heterocycles. The Bertz CT molecular complexity index is 697. The Morgan fingerprint density at radius 2 is 1.92 bits per heavy atom. The van der Waals surface area contributed by atoms with Crippen LogP contribution in [-0.4, -0.2) is 47.7 Å². The van der Waals surface area contributed by atoms with Crippen molar-refractivity contribution in [2.75, 3.05) is 14.1 Å². The molecule has 24 heavy (non-hydrogen) atoms. The van der Waals surface area contributed by atoms with Crippen LogP contribution in [0.15, 0.2) is 41.2 Å². The molecule has 128 valence electrons. The van der Waals surface area contributed by atoms with Crippen LogP contribution >= 0.6 is 11.6 Å². The molecule has 0 saturated carbocycles. The first-order chi connectivity index (χ1) is 11.2. The van der Waals surface area contributed by atoms with Crippen molar-refractivity contribution >= 4 is 35.2 Å². The van der Waals surface area contributed by atoms with Crippen LogP contribution in [0.1, 0.15) is 0 Å². The first kappa shape index (κ1) is 19.0. The smallest absolute Gasteiger partial charge is 0.358 e. The molecule has 0 bridgehead atoms. The molecule has 10 heteroatoms. The molecule has 0 aliphatic carbocycles. The molecule has 1 aromatic carbocycles. The van der Waals surface area contributed by atoms with Gasteiger partial charge in [0.15, 0.2) is 23.4 Å². The van der Waals surface area contributed by atoms with Gasteiger partial charge in [-0.15, -0.1) is 0 Å². The van der Waals surface area contributed by atoms with Crippen molar-refractivity contribution in [3.05, 3.63) is 41.2 Å². The summed E-state index contributed by atoms with van der Waals surface area (Å²) in [6.45, 7) is 0. The largest absolute Gasteiger partial charge is 0.476 e. The number of benzene rings is 1. The number of nitrogens with two attached hydrogens (primary N) is 1. The Balaban J connectivity index is 0.000000277. The standard InChI is InChI=1S/C10H6ClNO3.C4H11N5/c11-6-1-3-7(4-2-6)15-8-5-12-9(8)10(13)14;1-9(2)4(7)8-3(5)6/h1-5H,(H,13,14);1-2H3,(H5,5,6,7,8). The maximum absolute atomic E-state index is 10.6. The number of rotatable bonds is 3. The summed E-state index contributed by atoms with van der Waals surface area (Å²) in [5.74, 6) is -0.415. The fourth-order valence-electron chi connectivity index (χ4n) is 1.29. The van der Waals surface area contributed by atoms with E-state index in [1.165, 1.54) is 11.1 Å². The van der Waals surface area contributed by atoms with Crippen molar-refractivity contribution in [2.24, 2.45) is 10.7 Å². The number of carboxylic acids is 1. The molecular weight excluding hydrogens is 336 g/mol. The number of hydrogen-bond donors (Lipinski definition) is 5. The average Bonchev–Trinajstić information content (AvgIpc) is 2.44. The molecule has 2 rings (SSSR count). The van der Waals surface area contributed by atoms with E-state index in [-0.39, 0.29) is 23.4 Å². The predicted octanol–water partition coefficient (Wildman–Crippen LogP) is 1.07. The number of nitrogens with zero attached hydrogens (tertiary/aromatic N) is 2. The van der Waals surface area contributed by atoms with Crippen molar-refractivity contribution in [3.63, 3.8) is 0 Å². The van der Waals surface area contributed by atoms with Crippen molar-refractivity contribution in [2.45, 2.75) is 0 Å². The van der Waals surface area contributed by atoms with Gasteiger partial charge in [0.1, 0.15) is 5.75 Å². The molecular formula is C14H17ClN6O3. The number of carboxylic acid groups (broad SMARTS) is 1. The summed E-state index contributed by atoms with van der Waals surface area (Å²) >= 11 is 5.69. The molecule has 6 N–H and O–H groups in total. The third-order valence-electron chi connectivity index (χ3n) is 2.49. The molecule has 1 aliphatic rings. The topological polar surface area (TPSA) is 148 Å². The van der Waals surface area contributed by atoms with E-state index in [2.05, 4.69) is 10.3 Å². The van der Waals surface area contributed by atoms with Gasteiger partial charge in [0.2, 0.25) is 0 Å². The Kier molecular flexibility index (Phi) is 6.75. The van der Waals surface area contributed by atoms with E-state index in [1.807, 2.05) is 0 Å². The van der Waals surface area contributed by atoms with Crippen LogP contribution in [0.5, 0.6) is 5.75 Å². The van der Waals surface area contributed by atoms with Crippen LogP contribution in [-0.2, 0) is 4.79 Å². The monoisotopic (exact) mass is 352 g/mol. The molecule has 0 saturated heterocycles. The summed E-state index contributed by atoms with van der Waals surface area (Å²) in [7, 11) is 3.39. The van der Waals surface area contributed by atoms with Gasteiger partial charge in [-0.25, -0.2) is 9.79 Å². The Hall–Kier alpha value is -3.07. The average molecular weight is 353 g/mol. The van der Waals surface area contributed by atoms with Crippen molar-refractivity contribution in [1.29, 1.82) is 10.8 Å². The number of hydrogen-bond acceptors (Lipinski definition) is 5. The third-order valence-corrected chi connectivity index (χ3v) is 2.74. The zero-order valence-corrected chi connectivity index (χ0v) is 13.8. The molecule has 9 nitrogen and oxygen atoms in total. The van der Waals surface area contributed by atoms with E-state index in [4.69, 9.17) is 38.0 Å². The molecule has 0 amide bonds. The fraction of sp³-hybridized carbons (Fsp3) is 0.143. The van der Waals surface area contributed by atoms with Gasteiger partial charge in [-0.05, 0) is 24.3 Å². The van der Waals surface area contributed by atoms with Gasteiger partial charge in [0.25, 0.3) is 0 Å². The van der Waals surface area contributed by atoms with Gasteiger partial charge < -0.3 is 20.5 Å². The highest BCUT2D eigenvalue weighted by Crippen LogP contribution is 2.20. The zero-order chi connectivity index (χ0) is 18.3. The van der Waals surface area contributed by atoms with Gasteiger partial charge in [-0.2, -0.15) is 0 Å². The summed E-state index contributed by atoms with van der Waals surface area (Å²) in [5.41, 5.74) is 4.87. The second kappa shape index (κ2) is 8.53. The number of halogens is 1. The van der Waals surface area contributed by atoms with Crippen molar-refractivity contribution < 1.29 is 14.6 Å². The lowest BCUT2D eigenvalue weighted by Gasteiger charge is -2.13. The first-order valence-electron chi connectivity index (χ1n) is 6.52. The van der Waals surface area contributed by atoms with Crippen LogP contribution in [0, 0.1) is 10.8 Å². The molecule has 0 radical (unpaired) electrons. The normalized spacial score (nSPS) is 11.6. The van der Waals surface area contributed by atoms with Gasteiger partial charge >= 0.3 is 5.97 Å². The molecule has 1 aromatic rings. The molecule has 0 unspecified atom stereocenters. The van der Waals surface area contributed by atoms with E-state index in [0.717, 1.165) is 0 Å². The number of nitrogens with one attached hydrogen (secondary N) is 3. The highest BCUT2D eigenvalue weighted by atomic mass is 35.5. The predicted molar refractivity (Wildman–Crippen MR) is 91.7 cm³/mol. The summed E-state index contributed by atoms with van der Waals surface area (Å²) in [4.78, 5) is 15.6. The summed E-state index contributed by atoms with van der Waals surface area (Å²) < 4.78 is 5.27. The lowest BCUT2D eigenvalue weighted by molar-refractivity contribution is -0.129. The highest BCUT2D eigenvalue weighted by Gasteiger charge is 2.23. The van der Waals surface area contributed by atoms with E-state index >= 15 is 0 Å². The summed E-state index contributed by atoms with van der Waals surface area (Å²) in [5, 5.41) is 25.3. The highest BCUT2D eigenvalue weighted by molar-refractivity contribution is 6.43. The maximum Gasteiger partial charge on any atom is 0.358 e. The lowest BCUT2D eigenvalue weighted by Crippen LogP contribution is -2.42. The van der Waals surface area contributed by atoms with E-state index < -0.39 is 5.97 Å². The third kappa shape index (κ3) is 5.97. The first-order valence-corrected chi connectivity index (χ1v) is 6.90. The van der Waals surface area contributed by atoms with E-state index in [9.17, 15) is 4.79 Å². The van der Waals surface area contributed by atoms with Gasteiger partial charge in [-0.3, -0.25) is 16.1 Å². The quantitative estimate of drug-likeness (QED) is 0.406. The number of ether oxygens (including phenoxy) is 1. The van der Waals surface area contributed by atoms with Gasteiger partial charge in [0, 0.05) is 19.1 Å². The number of aliphatic carboxylic acids is 1. The van der Waals surface area contributed by atoms with Gasteiger partial charge in [0.05, 0.1) is 6.20 Å². The maximum atomic E-state index is 10.6. The molecule has 0 spiro atoms. The summed E-state index contributed by atoms with van der Waals surface area (Å²) in [6.07, 6.45) is 1.36. The van der Waals surface area contributed by atoms with Crippen LogP contribution in [0.2, 0.25) is 5.02 Å². The zero-order valence-electron chi connectivity index (χ0n) is 13.0. The number of carbonyl (C=O) groups is 1. The van der Waals surface area contributed by atoms with E-state index in [0.29, 0.717) is 10.8 Å².